The number of hydrogen-bond acceptors (Lipinski definition) is 5. The van der Waals surface area contributed by atoms with Crippen LogP contribution in [0, 0.1) is 5.82 Å². The summed E-state index contributed by atoms with van der Waals surface area (Å²) in [4.78, 5) is 45.5. The van der Waals surface area contributed by atoms with Crippen LogP contribution in [0.25, 0.3) is 10.2 Å². The first-order chi connectivity index (χ1) is 15.5. The summed E-state index contributed by atoms with van der Waals surface area (Å²) < 4.78 is 14.8. The second-order valence-corrected chi connectivity index (χ2v) is 8.30. The molecule has 2 heterocycles. The number of rotatable bonds is 5. The maximum absolute atomic E-state index is 14.2. The fourth-order valence-electron chi connectivity index (χ4n) is 3.65. The highest BCUT2D eigenvalue weighted by atomic mass is 32.1. The van der Waals surface area contributed by atoms with Crippen molar-refractivity contribution in [2.45, 2.75) is 6.54 Å². The van der Waals surface area contributed by atoms with Gasteiger partial charge in [-0.15, -0.1) is 0 Å². The van der Waals surface area contributed by atoms with Gasteiger partial charge >= 0.3 is 0 Å². The Kier molecular flexibility index (Phi) is 4.99. The van der Waals surface area contributed by atoms with Crippen LogP contribution in [0.1, 0.15) is 26.3 Å². The van der Waals surface area contributed by atoms with E-state index in [2.05, 4.69) is 4.98 Å². The molecule has 0 atom stereocenters. The zero-order chi connectivity index (χ0) is 22.2. The molecule has 0 N–H and O–H groups in total. The third-order valence-electron chi connectivity index (χ3n) is 5.25. The molecule has 3 aromatic carbocycles. The van der Waals surface area contributed by atoms with Crippen molar-refractivity contribution in [3.05, 3.63) is 95.3 Å². The first-order valence-electron chi connectivity index (χ1n) is 9.87. The van der Waals surface area contributed by atoms with E-state index in [1.54, 1.807) is 36.4 Å². The van der Waals surface area contributed by atoms with E-state index < -0.39 is 30.1 Å². The van der Waals surface area contributed by atoms with Gasteiger partial charge in [-0.2, -0.15) is 0 Å². The average molecular weight is 445 g/mol. The predicted octanol–water partition coefficient (Wildman–Crippen LogP) is 4.26. The average Bonchev–Trinajstić information content (AvgIpc) is 3.35. The minimum absolute atomic E-state index is 0.171. The molecule has 0 spiro atoms. The molecule has 1 aliphatic heterocycles. The van der Waals surface area contributed by atoms with Gasteiger partial charge in [0.2, 0.25) is 5.91 Å². The van der Waals surface area contributed by atoms with Gasteiger partial charge in [0.05, 0.1) is 22.4 Å². The smallest absolute Gasteiger partial charge is 0.262 e. The first-order valence-corrected chi connectivity index (χ1v) is 10.7. The zero-order valence-corrected chi connectivity index (χ0v) is 17.5. The number of hydrogen-bond donors (Lipinski definition) is 0. The maximum Gasteiger partial charge on any atom is 0.262 e. The lowest BCUT2D eigenvalue weighted by molar-refractivity contribution is -0.119. The molecule has 0 saturated carbocycles. The summed E-state index contributed by atoms with van der Waals surface area (Å²) >= 11 is 1.18. The van der Waals surface area contributed by atoms with Crippen LogP contribution in [0.15, 0.2) is 72.8 Å². The van der Waals surface area contributed by atoms with Gasteiger partial charge in [-0.05, 0) is 29.8 Å². The Bertz CT molecular complexity index is 1330. The fourth-order valence-corrected chi connectivity index (χ4v) is 4.65. The fraction of sp³-hybridized carbons (Fsp3) is 0.0833. The first kappa shape index (κ1) is 20.0. The second kappa shape index (κ2) is 7.97. The summed E-state index contributed by atoms with van der Waals surface area (Å²) in [5.74, 6) is -1.97. The minimum atomic E-state index is -0.506. The van der Waals surface area contributed by atoms with Crippen LogP contribution < -0.4 is 4.90 Å². The summed E-state index contributed by atoms with van der Waals surface area (Å²) in [7, 11) is 0. The van der Waals surface area contributed by atoms with Gasteiger partial charge in [-0.3, -0.25) is 24.2 Å². The number of aromatic nitrogens is 1. The van der Waals surface area contributed by atoms with Gasteiger partial charge in [0.1, 0.15) is 17.9 Å². The predicted molar refractivity (Wildman–Crippen MR) is 119 cm³/mol. The van der Waals surface area contributed by atoms with Crippen LogP contribution in [0.2, 0.25) is 0 Å². The van der Waals surface area contributed by atoms with E-state index in [1.165, 1.54) is 22.3 Å². The van der Waals surface area contributed by atoms with Crippen LogP contribution >= 0.6 is 11.3 Å². The zero-order valence-electron chi connectivity index (χ0n) is 16.7. The standard InChI is InChI=1S/C24H16FN3O3S/c25-18-11-6-12-19-21(18)26-24(32-19)27(13-15-7-2-1-3-8-15)20(29)14-28-22(30)16-9-4-5-10-17(16)23(28)31/h1-12H,13-14H2. The quantitative estimate of drug-likeness (QED) is 0.430. The number of fused-ring (bicyclic) bond motifs is 2. The number of carbonyl (C=O) groups excluding carboxylic acids is 3. The number of thiazole rings is 1. The number of amides is 3. The van der Waals surface area contributed by atoms with E-state index >= 15 is 0 Å². The number of benzene rings is 3. The number of nitrogens with zero attached hydrogens (tertiary/aromatic N) is 3. The lowest BCUT2D eigenvalue weighted by Crippen LogP contribution is -2.42. The third kappa shape index (κ3) is 3.44. The molecule has 0 unspecified atom stereocenters. The molecule has 8 heteroatoms. The third-order valence-corrected chi connectivity index (χ3v) is 6.29. The van der Waals surface area contributed by atoms with Gasteiger partial charge in [0.25, 0.3) is 11.8 Å². The number of halogens is 1. The van der Waals surface area contributed by atoms with Crippen LogP contribution in [0.5, 0.6) is 0 Å². The summed E-state index contributed by atoms with van der Waals surface area (Å²) in [6.07, 6.45) is 0. The Morgan fingerprint density at radius 2 is 1.56 bits per heavy atom. The lowest BCUT2D eigenvalue weighted by Gasteiger charge is -2.22. The van der Waals surface area contributed by atoms with Gasteiger partial charge in [-0.25, -0.2) is 9.37 Å². The van der Waals surface area contributed by atoms with Crippen molar-refractivity contribution in [3.63, 3.8) is 0 Å². The molecular weight excluding hydrogens is 429 g/mol. The van der Waals surface area contributed by atoms with Crippen LogP contribution in [0.4, 0.5) is 9.52 Å². The molecule has 158 valence electrons. The molecule has 0 bridgehead atoms. The summed E-state index contributed by atoms with van der Waals surface area (Å²) in [5.41, 5.74) is 1.57. The van der Waals surface area contributed by atoms with E-state index in [4.69, 9.17) is 0 Å². The van der Waals surface area contributed by atoms with Crippen molar-refractivity contribution in [2.75, 3.05) is 11.4 Å². The highest BCUT2D eigenvalue weighted by Gasteiger charge is 2.37. The van der Waals surface area contributed by atoms with E-state index in [1.807, 2.05) is 30.3 Å². The Balaban J connectivity index is 1.49. The molecule has 6 nitrogen and oxygen atoms in total. The van der Waals surface area contributed by atoms with Crippen molar-refractivity contribution in [2.24, 2.45) is 0 Å². The molecule has 1 aliphatic rings. The van der Waals surface area contributed by atoms with Gasteiger partial charge < -0.3 is 0 Å². The van der Waals surface area contributed by atoms with Gasteiger partial charge in [-0.1, -0.05) is 59.9 Å². The molecular formula is C24H16FN3O3S. The molecule has 0 saturated heterocycles. The van der Waals surface area contributed by atoms with Crippen molar-refractivity contribution in [1.82, 2.24) is 9.88 Å². The summed E-state index contributed by atoms with van der Waals surface area (Å²) in [5, 5.41) is 0.301. The van der Waals surface area contributed by atoms with Crippen molar-refractivity contribution < 1.29 is 18.8 Å². The maximum atomic E-state index is 14.2. The topological polar surface area (TPSA) is 70.6 Å². The SMILES string of the molecule is O=C1c2ccccc2C(=O)N1CC(=O)N(Cc1ccccc1)c1nc2c(F)cccc2s1. The Labute approximate surface area is 186 Å². The highest BCUT2D eigenvalue weighted by Crippen LogP contribution is 2.32. The summed E-state index contributed by atoms with van der Waals surface area (Å²) in [6.45, 7) is -0.262. The Morgan fingerprint density at radius 1 is 0.906 bits per heavy atom. The number of para-hydroxylation sites is 1. The molecule has 3 amide bonds. The van der Waals surface area contributed by atoms with Crippen molar-refractivity contribution in [3.8, 4) is 0 Å². The van der Waals surface area contributed by atoms with E-state index in [9.17, 15) is 18.8 Å². The molecule has 5 rings (SSSR count). The minimum Gasteiger partial charge on any atom is -0.282 e. The highest BCUT2D eigenvalue weighted by molar-refractivity contribution is 7.22. The monoisotopic (exact) mass is 445 g/mol. The molecule has 0 fully saturated rings. The van der Waals surface area contributed by atoms with E-state index in [0.717, 1.165) is 10.5 Å². The normalized spacial score (nSPS) is 13.0. The molecule has 4 aromatic rings. The van der Waals surface area contributed by atoms with Gasteiger partial charge in [0, 0.05) is 0 Å². The van der Waals surface area contributed by atoms with Crippen molar-refractivity contribution in [1.29, 1.82) is 0 Å². The largest absolute Gasteiger partial charge is 0.282 e. The molecule has 32 heavy (non-hydrogen) atoms. The van der Waals surface area contributed by atoms with Crippen LogP contribution in [-0.2, 0) is 11.3 Å². The number of anilines is 1. The summed E-state index contributed by atoms with van der Waals surface area (Å²) in [6, 6.07) is 20.4. The van der Waals surface area contributed by atoms with Crippen LogP contribution in [-0.4, -0.2) is 34.2 Å². The van der Waals surface area contributed by atoms with Gasteiger partial charge in [0.15, 0.2) is 5.13 Å². The molecule has 0 radical (unpaired) electrons. The lowest BCUT2D eigenvalue weighted by atomic mass is 10.1. The van der Waals surface area contributed by atoms with E-state index in [0.29, 0.717) is 9.83 Å². The van der Waals surface area contributed by atoms with Crippen LogP contribution in [0.3, 0.4) is 0 Å². The molecule has 0 aliphatic carbocycles. The number of imide groups is 1. The van der Waals surface area contributed by atoms with E-state index in [-0.39, 0.29) is 23.2 Å². The van der Waals surface area contributed by atoms with Crippen molar-refractivity contribution >= 4 is 44.4 Å². The second-order valence-electron chi connectivity index (χ2n) is 7.29. The Hall–Kier alpha value is -3.91. The molecule has 1 aromatic heterocycles. The Morgan fingerprint density at radius 3 is 2.22 bits per heavy atom. The number of carbonyl (C=O) groups is 3.